The maximum Gasteiger partial charge on any atom is 0.407 e. The van der Waals surface area contributed by atoms with Crippen LogP contribution in [0.15, 0.2) is 0 Å². The average molecular weight is 273 g/mol. The van der Waals surface area contributed by atoms with Gasteiger partial charge in [-0.2, -0.15) is 0 Å². The minimum absolute atomic E-state index is 0.197. The Balaban J connectivity index is 6.37. The fourth-order valence-electron chi connectivity index (χ4n) is 0.916. The Morgan fingerprint density at radius 1 is 1.44 bits per heavy atom. The molecule has 0 spiro atoms. The van der Waals surface area contributed by atoms with Gasteiger partial charge in [0.1, 0.15) is 13.1 Å². The molecule has 0 aliphatic rings. The van der Waals surface area contributed by atoms with Crippen molar-refractivity contribution in [1.82, 2.24) is 5.32 Å². The van der Waals surface area contributed by atoms with Gasteiger partial charge in [0.05, 0.1) is 5.48 Å². The molecule has 0 bridgehead atoms. The topological polar surface area (TPSA) is 90.7 Å². The molecule has 0 aliphatic carbocycles. The van der Waals surface area contributed by atoms with E-state index in [0.717, 1.165) is 0 Å². The number of alkyl carbamates (subject to hydrolysis) is 1. The van der Waals surface area contributed by atoms with Crippen LogP contribution in [0.4, 0.5) is 9.59 Å². The molecule has 6 nitrogen and oxygen atoms in total. The number of hydrogen-bond acceptors (Lipinski definition) is 4. The third-order valence-electron chi connectivity index (χ3n) is 1.53. The van der Waals surface area contributed by atoms with Crippen molar-refractivity contribution in [2.75, 3.05) is 13.1 Å². The summed E-state index contributed by atoms with van der Waals surface area (Å²) in [6, 6.07) is -2.50. The van der Waals surface area contributed by atoms with E-state index < -0.39 is 63.7 Å². The fraction of sp³-hybridized carbons (Fsp3) is 0.833. The van der Waals surface area contributed by atoms with E-state index in [1.54, 1.807) is 0 Å². The first kappa shape index (κ1) is 4.90. The largest absolute Gasteiger partial charge is 0.449 e. The van der Waals surface area contributed by atoms with E-state index in [2.05, 4.69) is 9.47 Å². The number of nitrogens with two attached hydrogens (primary N) is 1. The van der Waals surface area contributed by atoms with E-state index in [1.807, 2.05) is 0 Å². The molecule has 0 aromatic rings. The second-order valence-electron chi connectivity index (χ2n) is 3.25. The smallest absolute Gasteiger partial charge is 0.407 e. The number of carbonyl (C=O) groups excluding carboxylic acids is 2. The monoisotopic (exact) mass is 273 g/mol. The predicted octanol–water partition coefficient (Wildman–Crippen LogP) is 2.02. The fourth-order valence-corrected chi connectivity index (χ4v) is 0.916. The van der Waals surface area contributed by atoms with E-state index in [4.69, 9.17) is 23.6 Å². The maximum absolute atomic E-state index is 12.2. The van der Waals surface area contributed by atoms with Crippen molar-refractivity contribution < 1.29 is 36.9 Å². The Labute approximate surface area is 126 Å². The van der Waals surface area contributed by atoms with E-state index in [1.165, 1.54) is 12.2 Å². The van der Waals surface area contributed by atoms with Gasteiger partial charge in [0, 0.05) is 23.8 Å². The van der Waals surface area contributed by atoms with Gasteiger partial charge in [-0.05, 0) is 20.1 Å². The van der Waals surface area contributed by atoms with Crippen LogP contribution in [0.5, 0.6) is 0 Å². The summed E-state index contributed by atoms with van der Waals surface area (Å²) < 4.78 is 107. The molecule has 18 heavy (non-hydrogen) atoms. The van der Waals surface area contributed by atoms with Gasteiger partial charge in [0.15, 0.2) is 0 Å². The van der Waals surface area contributed by atoms with Crippen LogP contribution in [0, 0.1) is 5.41 Å². The summed E-state index contributed by atoms with van der Waals surface area (Å²) >= 11 is 0. The van der Waals surface area contributed by atoms with Gasteiger partial charge < -0.3 is 20.5 Å². The molecule has 2 amide bonds. The standard InChI is InChI=1S/C12H24N2O4/c1-5-6-12(4,7-17-10(13)15)8-18-11(16)14-9(2)3/h9H,5-8H2,1-4H3,(H2,13,15)(H,14,16)/i2D3,3D3,4D3,7D2,8D2. The van der Waals surface area contributed by atoms with Crippen LogP contribution >= 0.6 is 0 Å². The zero-order valence-electron chi connectivity index (χ0n) is 22.7. The zero-order valence-corrected chi connectivity index (χ0v) is 9.70. The number of amides is 2. The van der Waals surface area contributed by atoms with Crippen LogP contribution in [0.2, 0.25) is 0 Å². The number of primary amides is 1. The van der Waals surface area contributed by atoms with Crippen molar-refractivity contribution >= 4 is 12.2 Å². The molecule has 6 heteroatoms. The molecule has 0 aromatic heterocycles. The maximum atomic E-state index is 12.2. The van der Waals surface area contributed by atoms with Gasteiger partial charge in [-0.3, -0.25) is 0 Å². The van der Waals surface area contributed by atoms with E-state index in [9.17, 15) is 9.59 Å². The van der Waals surface area contributed by atoms with Gasteiger partial charge >= 0.3 is 12.2 Å². The molecule has 0 saturated heterocycles. The summed E-state index contributed by atoms with van der Waals surface area (Å²) in [5.74, 6) is 0. The van der Waals surface area contributed by atoms with Crippen LogP contribution in [0.1, 0.15) is 58.1 Å². The second kappa shape index (κ2) is 7.79. The molecule has 0 radical (unpaired) electrons. The van der Waals surface area contributed by atoms with E-state index in [-0.39, 0.29) is 6.42 Å². The van der Waals surface area contributed by atoms with Crippen LogP contribution in [0.25, 0.3) is 0 Å². The van der Waals surface area contributed by atoms with Crippen LogP contribution in [-0.4, -0.2) is 31.3 Å². The highest BCUT2D eigenvalue weighted by Gasteiger charge is 2.27. The van der Waals surface area contributed by atoms with Crippen molar-refractivity contribution in [1.29, 1.82) is 0 Å². The van der Waals surface area contributed by atoms with Gasteiger partial charge in [0.25, 0.3) is 0 Å². The zero-order chi connectivity index (χ0) is 25.3. The number of nitrogens with one attached hydrogen (secondary N) is 1. The summed E-state index contributed by atoms with van der Waals surface area (Å²) in [5.41, 5.74) is 1.44. The SMILES string of the molecule is [2H]C([2H])([2H])C(NC(=O)OC([2H])([2H])C(CCC)(C([2H])([2H])[2H])C([2H])([2H])OC(N)=O)C([2H])([2H])[2H]. The first-order chi connectivity index (χ1) is 13.5. The summed E-state index contributed by atoms with van der Waals surface area (Å²) in [5, 5.41) is 1.45. The molecule has 0 rings (SSSR count). The Morgan fingerprint density at radius 3 is 2.61 bits per heavy atom. The number of carbonyl (C=O) groups is 2. The van der Waals surface area contributed by atoms with Crippen LogP contribution in [-0.2, 0) is 9.47 Å². The van der Waals surface area contributed by atoms with Crippen molar-refractivity contribution in [2.45, 2.75) is 46.4 Å². The van der Waals surface area contributed by atoms with E-state index >= 15 is 0 Å². The van der Waals surface area contributed by atoms with Crippen molar-refractivity contribution in [3.8, 4) is 0 Å². The molecule has 106 valence electrons. The van der Waals surface area contributed by atoms with Gasteiger partial charge in [-0.25, -0.2) is 9.59 Å². The Bertz CT molecular complexity index is 644. The molecule has 0 saturated carbocycles. The van der Waals surface area contributed by atoms with Crippen LogP contribution in [0.3, 0.4) is 0 Å². The quantitative estimate of drug-likeness (QED) is 0.742. The minimum atomic E-state index is -3.77. The third-order valence-corrected chi connectivity index (χ3v) is 1.53. The minimum Gasteiger partial charge on any atom is -0.449 e. The Kier molecular flexibility index (Phi) is 2.12. The summed E-state index contributed by atoms with van der Waals surface area (Å²) in [7, 11) is 0. The molecule has 0 aromatic carbocycles. The first-order valence-corrected chi connectivity index (χ1v) is 4.94. The molecule has 3 N–H and O–H groups in total. The lowest BCUT2D eigenvalue weighted by molar-refractivity contribution is 0.0333. The van der Waals surface area contributed by atoms with Gasteiger partial charge in [-0.15, -0.1) is 0 Å². The molecule has 0 heterocycles. The van der Waals surface area contributed by atoms with Crippen molar-refractivity contribution in [3.05, 3.63) is 0 Å². The highest BCUT2D eigenvalue weighted by molar-refractivity contribution is 5.67. The van der Waals surface area contributed by atoms with E-state index in [0.29, 0.717) is 0 Å². The van der Waals surface area contributed by atoms with Crippen molar-refractivity contribution in [3.63, 3.8) is 0 Å². The number of ether oxygens (including phenoxy) is 2. The number of rotatable bonds is 7. The second-order valence-corrected chi connectivity index (χ2v) is 3.25. The Hall–Kier alpha value is -1.46. The van der Waals surface area contributed by atoms with Crippen LogP contribution < -0.4 is 11.1 Å². The molecule has 1 unspecified atom stereocenters. The van der Waals surface area contributed by atoms with Crippen molar-refractivity contribution in [2.24, 2.45) is 11.1 Å². The lowest BCUT2D eigenvalue weighted by Gasteiger charge is -2.27. The first-order valence-electron chi connectivity index (χ1n) is 11.4. The summed E-state index contributed by atoms with van der Waals surface area (Å²) in [6.07, 6.45) is -4.81. The lowest BCUT2D eigenvalue weighted by atomic mass is 9.87. The van der Waals surface area contributed by atoms with Gasteiger partial charge in [-0.1, -0.05) is 20.2 Å². The average Bonchev–Trinajstić information content (AvgIpc) is 2.44. The normalized spacial score (nSPS) is 28.2. The molecule has 0 fully saturated rings. The highest BCUT2D eigenvalue weighted by Crippen LogP contribution is 2.24. The molecule has 1 atom stereocenters. The Morgan fingerprint density at radius 2 is 2.11 bits per heavy atom. The lowest BCUT2D eigenvalue weighted by Crippen LogP contribution is -2.37. The third kappa shape index (κ3) is 7.76. The van der Waals surface area contributed by atoms with Gasteiger partial charge in [0.2, 0.25) is 0 Å². The molecular weight excluding hydrogens is 236 g/mol. The predicted molar refractivity (Wildman–Crippen MR) is 68.2 cm³/mol. The molecule has 0 aliphatic heterocycles. The number of hydrogen-bond donors (Lipinski definition) is 2. The molecular formula is C12H24N2O4. The summed E-state index contributed by atoms with van der Waals surface area (Å²) in [6.45, 7) is -16.2. The highest BCUT2D eigenvalue weighted by atomic mass is 16.6. The summed E-state index contributed by atoms with van der Waals surface area (Å²) in [4.78, 5) is 23.3.